The van der Waals surface area contributed by atoms with Gasteiger partial charge in [-0.25, -0.2) is 0 Å². The summed E-state index contributed by atoms with van der Waals surface area (Å²) < 4.78 is 1.51. The molecule has 0 aromatic heterocycles. The molecule has 0 saturated heterocycles. The largest absolute Gasteiger partial charge is 0.185 e. The highest BCUT2D eigenvalue weighted by Gasteiger charge is 2.41. The fourth-order valence-electron chi connectivity index (χ4n) is 3.56. The van der Waals surface area contributed by atoms with E-state index in [2.05, 4.69) is 127 Å². The van der Waals surface area contributed by atoms with E-state index in [-0.39, 0.29) is 0 Å². The molecule has 0 aliphatic carbocycles. The Balaban J connectivity index is 2.30. The summed E-state index contributed by atoms with van der Waals surface area (Å²) in [5.74, 6) is 0. The molecule has 0 amide bonds. The average molecular weight is 468 g/mol. The maximum absolute atomic E-state index is 2.63. The van der Waals surface area contributed by atoms with E-state index in [1.165, 1.54) is 31.6 Å². The highest BCUT2D eigenvalue weighted by atomic mass is 127. The van der Waals surface area contributed by atoms with Crippen LogP contribution < -0.4 is 15.6 Å². The third-order valence-corrected chi connectivity index (χ3v) is 12.2. The van der Waals surface area contributed by atoms with Crippen LogP contribution in [0, 0.1) is 0 Å². The molecule has 0 aliphatic rings. The second-order valence-corrected chi connectivity index (χ2v) is 12.5. The summed E-state index contributed by atoms with van der Waals surface area (Å²) in [7, 11) is -2.23. The van der Waals surface area contributed by atoms with Crippen LogP contribution in [0.5, 0.6) is 0 Å². The fraction of sp³-hybridized carbons (Fsp3) is 0.167. The molecular weight excluding hydrogens is 443 g/mol. The van der Waals surface area contributed by atoms with Gasteiger partial charge in [0.05, 0.1) is 0 Å². The summed E-state index contributed by atoms with van der Waals surface area (Å²) in [5.41, 5.74) is 0. The number of benzene rings is 3. The second-order valence-electron chi connectivity index (χ2n) is 6.54. The molecule has 0 bridgehead atoms. The monoisotopic (exact) mass is 468 g/mol. The van der Waals surface area contributed by atoms with Gasteiger partial charge in [-0.05, 0) is 25.2 Å². The van der Waals surface area contributed by atoms with E-state index in [1.807, 2.05) is 0 Å². The third kappa shape index (κ3) is 3.86. The van der Waals surface area contributed by atoms with Crippen molar-refractivity contribution in [1.29, 1.82) is 0 Å². The summed E-state index contributed by atoms with van der Waals surface area (Å²) in [4.78, 5) is 0. The predicted octanol–water partition coefficient (Wildman–Crippen LogP) is 5.21. The average Bonchev–Trinajstić information content (AvgIpc) is 2.71. The third-order valence-electron chi connectivity index (χ3n) is 4.86. The number of allylic oxidation sites excluding steroid dienone is 1. The van der Waals surface area contributed by atoms with Gasteiger partial charge in [-0.3, -0.25) is 0 Å². The molecule has 0 unspecified atom stereocenters. The summed E-state index contributed by atoms with van der Waals surface area (Å²) in [6.07, 6.45) is 6.12. The van der Waals surface area contributed by atoms with E-state index in [9.17, 15) is 0 Å². The first-order chi connectivity index (χ1) is 12.8. The maximum Gasteiger partial charge on any atom is 0.185 e. The molecule has 2 heteroatoms. The SMILES string of the molecule is CCCC/C=C(/I)[Si](c1ccccc1)(c1ccccc1)c1ccccc1. The van der Waals surface area contributed by atoms with E-state index in [4.69, 9.17) is 0 Å². The molecule has 0 spiro atoms. The van der Waals surface area contributed by atoms with Crippen molar-refractivity contribution < 1.29 is 0 Å². The molecule has 3 aromatic rings. The molecule has 3 aromatic carbocycles. The number of unbranched alkanes of at least 4 members (excludes halogenated alkanes) is 2. The van der Waals surface area contributed by atoms with Gasteiger partial charge >= 0.3 is 0 Å². The van der Waals surface area contributed by atoms with Crippen molar-refractivity contribution in [3.05, 3.63) is 100 Å². The van der Waals surface area contributed by atoms with Crippen molar-refractivity contribution in [3.8, 4) is 0 Å². The first kappa shape index (κ1) is 19.1. The van der Waals surface area contributed by atoms with Crippen LogP contribution in [0.3, 0.4) is 0 Å². The Bertz CT molecular complexity index is 729. The van der Waals surface area contributed by atoms with Crippen molar-refractivity contribution in [2.75, 3.05) is 0 Å². The lowest BCUT2D eigenvalue weighted by Crippen LogP contribution is -2.67. The van der Waals surface area contributed by atoms with Crippen molar-refractivity contribution in [2.24, 2.45) is 0 Å². The van der Waals surface area contributed by atoms with E-state index in [0.29, 0.717) is 0 Å². The highest BCUT2D eigenvalue weighted by molar-refractivity contribution is 14.1. The summed E-state index contributed by atoms with van der Waals surface area (Å²) in [6.45, 7) is 2.26. The number of halogens is 1. The highest BCUT2D eigenvalue weighted by Crippen LogP contribution is 2.24. The molecule has 26 heavy (non-hydrogen) atoms. The summed E-state index contributed by atoms with van der Waals surface area (Å²) in [5, 5.41) is 4.36. The Hall–Kier alpha value is -1.65. The Kier molecular flexibility index (Phi) is 6.86. The lowest BCUT2D eigenvalue weighted by atomic mass is 10.2. The van der Waals surface area contributed by atoms with Gasteiger partial charge < -0.3 is 0 Å². The molecule has 0 heterocycles. The van der Waals surface area contributed by atoms with E-state index in [1.54, 1.807) is 0 Å². The fourth-order valence-corrected chi connectivity index (χ4v) is 11.0. The molecule has 3 rings (SSSR count). The van der Waals surface area contributed by atoms with Crippen molar-refractivity contribution in [3.63, 3.8) is 0 Å². The van der Waals surface area contributed by atoms with Crippen molar-refractivity contribution >= 4 is 46.2 Å². The standard InChI is InChI=1S/C24H25ISi/c1-2-3-7-20-24(25)26(21-14-8-4-9-15-21,22-16-10-5-11-17-22)23-18-12-6-13-19-23/h4-6,8-20H,2-3,7H2,1H3/b24-20-. The topological polar surface area (TPSA) is 0 Å². The molecule has 0 aliphatic heterocycles. The van der Waals surface area contributed by atoms with Crippen LogP contribution in [0.1, 0.15) is 26.2 Å². The van der Waals surface area contributed by atoms with Gasteiger partial charge in [0.25, 0.3) is 0 Å². The Morgan fingerprint density at radius 1 is 0.731 bits per heavy atom. The normalized spacial score (nSPS) is 12.2. The minimum absolute atomic E-state index is 1.15. The van der Waals surface area contributed by atoms with Crippen LogP contribution >= 0.6 is 22.6 Å². The van der Waals surface area contributed by atoms with Crippen LogP contribution in [0.25, 0.3) is 0 Å². The zero-order valence-corrected chi connectivity index (χ0v) is 18.4. The van der Waals surface area contributed by atoms with E-state index < -0.39 is 8.07 Å². The predicted molar refractivity (Wildman–Crippen MR) is 126 cm³/mol. The number of hydrogen-bond acceptors (Lipinski definition) is 0. The van der Waals surface area contributed by atoms with Crippen LogP contribution in [0.4, 0.5) is 0 Å². The van der Waals surface area contributed by atoms with Gasteiger partial charge in [-0.15, -0.1) is 0 Å². The van der Waals surface area contributed by atoms with Crippen LogP contribution in [0.2, 0.25) is 0 Å². The molecular formula is C24H25ISi. The maximum atomic E-state index is 2.63. The first-order valence-corrected chi connectivity index (χ1v) is 12.4. The number of rotatable bonds is 7. The molecule has 132 valence electrons. The first-order valence-electron chi connectivity index (χ1n) is 9.33. The Morgan fingerprint density at radius 3 is 1.46 bits per heavy atom. The van der Waals surface area contributed by atoms with Crippen LogP contribution in [0.15, 0.2) is 100 Å². The lowest BCUT2D eigenvalue weighted by molar-refractivity contribution is 0.815. The Labute approximate surface area is 172 Å². The quantitative estimate of drug-likeness (QED) is 0.193. The molecule has 0 radical (unpaired) electrons. The van der Waals surface area contributed by atoms with E-state index in [0.717, 1.165) is 6.42 Å². The van der Waals surface area contributed by atoms with E-state index >= 15 is 0 Å². The molecule has 0 N–H and O–H groups in total. The van der Waals surface area contributed by atoms with Crippen LogP contribution in [-0.2, 0) is 0 Å². The second kappa shape index (κ2) is 9.33. The minimum atomic E-state index is -2.23. The van der Waals surface area contributed by atoms with Gasteiger partial charge in [-0.1, -0.05) is 139 Å². The lowest BCUT2D eigenvalue weighted by Gasteiger charge is -2.34. The van der Waals surface area contributed by atoms with Crippen molar-refractivity contribution in [1.82, 2.24) is 0 Å². The van der Waals surface area contributed by atoms with Gasteiger partial charge in [0, 0.05) is 0 Å². The zero-order chi connectivity index (χ0) is 18.2. The zero-order valence-electron chi connectivity index (χ0n) is 15.2. The summed E-state index contributed by atoms with van der Waals surface area (Å²) >= 11 is 2.63. The minimum Gasteiger partial charge on any atom is -0.0781 e. The van der Waals surface area contributed by atoms with Crippen LogP contribution in [-0.4, -0.2) is 8.07 Å². The molecule has 0 saturated carbocycles. The van der Waals surface area contributed by atoms with Gasteiger partial charge in [0.1, 0.15) is 0 Å². The molecule has 0 nitrogen and oxygen atoms in total. The van der Waals surface area contributed by atoms with Crippen molar-refractivity contribution in [2.45, 2.75) is 26.2 Å². The molecule has 0 atom stereocenters. The summed E-state index contributed by atoms with van der Waals surface area (Å²) in [6, 6.07) is 33.3. The van der Waals surface area contributed by atoms with Gasteiger partial charge in [0.2, 0.25) is 0 Å². The molecule has 0 fully saturated rings. The van der Waals surface area contributed by atoms with Gasteiger partial charge in [0.15, 0.2) is 8.07 Å². The number of hydrogen-bond donors (Lipinski definition) is 0. The Morgan fingerprint density at radius 2 is 1.12 bits per heavy atom. The smallest absolute Gasteiger partial charge is 0.0781 e. The van der Waals surface area contributed by atoms with Gasteiger partial charge in [-0.2, -0.15) is 0 Å².